The average Bonchev–Trinajstić information content (AvgIpc) is 2.38. The molecule has 2 aliphatic rings. The predicted molar refractivity (Wildman–Crippen MR) is 68.2 cm³/mol. The Kier molecular flexibility index (Phi) is 2.77. The molecule has 1 aromatic rings. The molecule has 2 bridgehead atoms. The van der Waals surface area contributed by atoms with Crippen LogP contribution in [0.3, 0.4) is 0 Å². The van der Waals surface area contributed by atoms with Crippen molar-refractivity contribution >= 4 is 11.5 Å². The molecule has 0 aromatic heterocycles. The molecule has 0 amide bonds. The largest absolute Gasteiger partial charge is 0.370 e. The fourth-order valence-corrected chi connectivity index (χ4v) is 2.86. The fraction of sp³-hybridized carbons (Fsp3) is 0.429. The van der Waals surface area contributed by atoms with Crippen molar-refractivity contribution in [3.05, 3.63) is 29.8 Å². The number of fused-ring (bicyclic) bond motifs is 2. The highest BCUT2D eigenvalue weighted by atomic mass is 16.1. The second-order valence-electron chi connectivity index (χ2n) is 5.02. The molecule has 2 unspecified atom stereocenters. The lowest BCUT2D eigenvalue weighted by Crippen LogP contribution is -2.57. The van der Waals surface area contributed by atoms with Crippen LogP contribution in [0.2, 0.25) is 0 Å². The molecule has 2 aliphatic heterocycles. The number of carbonyl (C=O) groups is 1. The summed E-state index contributed by atoms with van der Waals surface area (Å²) in [7, 11) is 0. The summed E-state index contributed by atoms with van der Waals surface area (Å²) < 4.78 is 0. The summed E-state index contributed by atoms with van der Waals surface area (Å²) in [6.45, 7) is 3.09. The molecule has 0 spiro atoms. The molecule has 0 radical (unpaired) electrons. The number of Topliss-reactive ketones (excluding diaryl/α,β-unsaturated/α-hetero) is 1. The number of hydrogen-bond acceptors (Lipinski definition) is 4. The zero-order valence-electron chi connectivity index (χ0n) is 10.1. The minimum Gasteiger partial charge on any atom is -0.370 e. The Morgan fingerprint density at radius 2 is 2.00 bits per heavy atom. The van der Waals surface area contributed by atoms with Gasteiger partial charge in [-0.25, -0.2) is 0 Å². The summed E-state index contributed by atoms with van der Waals surface area (Å²) in [5, 5.41) is 12.2. The van der Waals surface area contributed by atoms with Crippen LogP contribution in [0.25, 0.3) is 0 Å². The van der Waals surface area contributed by atoms with E-state index >= 15 is 0 Å². The Balaban J connectivity index is 1.85. The van der Waals surface area contributed by atoms with Crippen LogP contribution >= 0.6 is 0 Å². The molecule has 2 atom stereocenters. The molecular formula is C14H15N3O. The minimum atomic E-state index is 0.100. The number of nitrogens with one attached hydrogen (secondary N) is 1. The molecule has 18 heavy (non-hydrogen) atoms. The number of benzene rings is 1. The topological polar surface area (TPSA) is 56.1 Å². The molecule has 1 N–H and O–H groups in total. The first-order valence-electron chi connectivity index (χ1n) is 6.27. The maximum absolute atomic E-state index is 12.0. The Labute approximate surface area is 106 Å². The van der Waals surface area contributed by atoms with Gasteiger partial charge in [-0.05, 0) is 18.2 Å². The Morgan fingerprint density at radius 3 is 2.67 bits per heavy atom. The quantitative estimate of drug-likeness (QED) is 0.789. The van der Waals surface area contributed by atoms with E-state index in [2.05, 4.69) is 16.3 Å². The summed E-state index contributed by atoms with van der Waals surface area (Å²) in [4.78, 5) is 14.2. The van der Waals surface area contributed by atoms with Gasteiger partial charge in [0.25, 0.3) is 0 Å². The fourth-order valence-electron chi connectivity index (χ4n) is 2.86. The number of rotatable bonds is 1. The number of piperidine rings is 2. The smallest absolute Gasteiger partial charge is 0.145 e. The lowest BCUT2D eigenvalue weighted by molar-refractivity contribution is -0.129. The summed E-state index contributed by atoms with van der Waals surface area (Å²) in [5.41, 5.74) is 1.73. The molecule has 92 valence electrons. The van der Waals surface area contributed by atoms with Crippen LogP contribution in [0.15, 0.2) is 24.3 Å². The van der Waals surface area contributed by atoms with E-state index < -0.39 is 0 Å². The molecule has 4 nitrogen and oxygen atoms in total. The van der Waals surface area contributed by atoms with Crippen molar-refractivity contribution in [2.45, 2.75) is 0 Å². The lowest BCUT2D eigenvalue weighted by atomic mass is 9.84. The van der Waals surface area contributed by atoms with Crippen molar-refractivity contribution < 1.29 is 4.79 Å². The van der Waals surface area contributed by atoms with E-state index in [1.807, 2.05) is 18.2 Å². The molecule has 3 rings (SSSR count). The van der Waals surface area contributed by atoms with Crippen molar-refractivity contribution in [2.75, 3.05) is 31.1 Å². The van der Waals surface area contributed by atoms with E-state index in [0.717, 1.165) is 31.9 Å². The van der Waals surface area contributed by atoms with Crippen LogP contribution in [-0.4, -0.2) is 32.0 Å². The highest BCUT2D eigenvalue weighted by Gasteiger charge is 2.37. The maximum Gasteiger partial charge on any atom is 0.145 e. The number of hydrogen-bond donors (Lipinski definition) is 1. The van der Waals surface area contributed by atoms with Gasteiger partial charge in [0.1, 0.15) is 5.78 Å². The monoisotopic (exact) mass is 241 g/mol. The van der Waals surface area contributed by atoms with Crippen LogP contribution in [0.4, 0.5) is 5.69 Å². The van der Waals surface area contributed by atoms with Crippen molar-refractivity contribution in [2.24, 2.45) is 11.8 Å². The minimum absolute atomic E-state index is 0.100. The SMILES string of the molecule is N#Cc1cccc(N2CC3CNCC(C2)C3=O)c1. The maximum atomic E-state index is 12.0. The zero-order chi connectivity index (χ0) is 12.5. The number of ketones is 1. The molecule has 0 saturated carbocycles. The lowest BCUT2D eigenvalue weighted by Gasteiger charge is -2.41. The van der Waals surface area contributed by atoms with Gasteiger partial charge in [-0.15, -0.1) is 0 Å². The second kappa shape index (κ2) is 4.43. The molecule has 2 saturated heterocycles. The van der Waals surface area contributed by atoms with Crippen molar-refractivity contribution in [1.82, 2.24) is 5.32 Å². The third-order valence-corrected chi connectivity index (χ3v) is 3.81. The first-order chi connectivity index (χ1) is 8.78. The third kappa shape index (κ3) is 1.87. The van der Waals surface area contributed by atoms with Gasteiger partial charge in [-0.2, -0.15) is 5.26 Å². The van der Waals surface area contributed by atoms with Crippen molar-refractivity contribution in [3.63, 3.8) is 0 Å². The van der Waals surface area contributed by atoms with Gasteiger partial charge >= 0.3 is 0 Å². The summed E-state index contributed by atoms with van der Waals surface area (Å²) >= 11 is 0. The van der Waals surface area contributed by atoms with Crippen molar-refractivity contribution in [3.8, 4) is 6.07 Å². The molecule has 2 heterocycles. The van der Waals surface area contributed by atoms with Gasteiger partial charge in [-0.3, -0.25) is 4.79 Å². The second-order valence-corrected chi connectivity index (χ2v) is 5.02. The van der Waals surface area contributed by atoms with Crippen LogP contribution in [-0.2, 0) is 4.79 Å². The molecule has 0 aliphatic carbocycles. The van der Waals surface area contributed by atoms with Gasteiger partial charge in [-0.1, -0.05) is 6.07 Å². The van der Waals surface area contributed by atoms with Gasteiger partial charge in [0.15, 0.2) is 0 Å². The van der Waals surface area contributed by atoms with E-state index in [-0.39, 0.29) is 11.8 Å². The summed E-state index contributed by atoms with van der Waals surface area (Å²) in [6.07, 6.45) is 0. The van der Waals surface area contributed by atoms with Crippen LogP contribution in [0, 0.1) is 23.2 Å². The summed E-state index contributed by atoms with van der Waals surface area (Å²) in [6, 6.07) is 9.78. The normalized spacial score (nSPS) is 26.8. The van der Waals surface area contributed by atoms with E-state index in [0.29, 0.717) is 11.3 Å². The first-order valence-corrected chi connectivity index (χ1v) is 6.27. The zero-order valence-corrected chi connectivity index (χ0v) is 10.1. The molecule has 2 fully saturated rings. The van der Waals surface area contributed by atoms with Crippen LogP contribution < -0.4 is 10.2 Å². The predicted octanol–water partition coefficient (Wildman–Crippen LogP) is 0.783. The Hall–Kier alpha value is -1.86. The molecule has 4 heteroatoms. The van der Waals surface area contributed by atoms with Crippen molar-refractivity contribution in [1.29, 1.82) is 5.26 Å². The van der Waals surface area contributed by atoms with Crippen LogP contribution in [0.1, 0.15) is 5.56 Å². The highest BCUT2D eigenvalue weighted by molar-refractivity contribution is 5.87. The van der Waals surface area contributed by atoms with E-state index in [1.165, 1.54) is 0 Å². The highest BCUT2D eigenvalue weighted by Crippen LogP contribution is 2.26. The summed E-state index contributed by atoms with van der Waals surface area (Å²) in [5.74, 6) is 0.605. The number of nitrogens with zero attached hydrogens (tertiary/aromatic N) is 2. The van der Waals surface area contributed by atoms with E-state index in [4.69, 9.17) is 5.26 Å². The third-order valence-electron chi connectivity index (χ3n) is 3.81. The Morgan fingerprint density at radius 1 is 1.28 bits per heavy atom. The van der Waals surface area contributed by atoms with Gasteiger partial charge in [0, 0.05) is 43.7 Å². The van der Waals surface area contributed by atoms with Gasteiger partial charge < -0.3 is 10.2 Å². The van der Waals surface area contributed by atoms with Gasteiger partial charge in [0.05, 0.1) is 11.6 Å². The number of carbonyl (C=O) groups excluding carboxylic acids is 1. The first kappa shape index (κ1) is 11.2. The van der Waals surface area contributed by atoms with Crippen LogP contribution in [0.5, 0.6) is 0 Å². The van der Waals surface area contributed by atoms with Gasteiger partial charge in [0.2, 0.25) is 0 Å². The number of nitriles is 1. The van der Waals surface area contributed by atoms with E-state index in [1.54, 1.807) is 6.07 Å². The standard InChI is InChI=1S/C14H15N3O/c15-5-10-2-1-3-13(4-10)17-8-11-6-16-7-12(9-17)14(11)18/h1-4,11-12,16H,6-9H2. The molecular weight excluding hydrogens is 226 g/mol. The molecule has 1 aromatic carbocycles. The van der Waals surface area contributed by atoms with E-state index in [9.17, 15) is 4.79 Å². The number of anilines is 1. The average molecular weight is 241 g/mol. The Bertz CT molecular complexity index is 504.